The van der Waals surface area contributed by atoms with E-state index in [2.05, 4.69) is 21.2 Å². The lowest BCUT2D eigenvalue weighted by molar-refractivity contribution is -0.184. The number of hydrogen-bond acceptors (Lipinski definition) is 2. The minimum atomic E-state index is -4.21. The van der Waals surface area contributed by atoms with Gasteiger partial charge in [-0.25, -0.2) is 0 Å². The number of anilines is 1. The molecule has 21 heavy (non-hydrogen) atoms. The molecule has 0 radical (unpaired) electrons. The van der Waals surface area contributed by atoms with Crippen LogP contribution >= 0.6 is 15.9 Å². The smallest absolute Gasteiger partial charge is 0.370 e. The van der Waals surface area contributed by atoms with Gasteiger partial charge in [-0.3, -0.25) is 4.79 Å². The van der Waals surface area contributed by atoms with E-state index in [0.29, 0.717) is 5.69 Å². The summed E-state index contributed by atoms with van der Waals surface area (Å²) in [4.78, 5) is 11.8. The van der Waals surface area contributed by atoms with Gasteiger partial charge in [0.1, 0.15) is 5.54 Å². The normalized spacial score (nSPS) is 26.4. The molecule has 1 aliphatic carbocycles. The summed E-state index contributed by atoms with van der Waals surface area (Å²) in [7, 11) is 0. The zero-order valence-electron chi connectivity index (χ0n) is 11.2. The van der Waals surface area contributed by atoms with Crippen LogP contribution < -0.4 is 11.1 Å². The van der Waals surface area contributed by atoms with Crippen LogP contribution in [0.25, 0.3) is 0 Å². The topological polar surface area (TPSA) is 55.1 Å². The average molecular weight is 365 g/mol. The molecule has 0 aromatic heterocycles. The number of carbonyl (C=O) groups is 1. The molecule has 3 nitrogen and oxygen atoms in total. The van der Waals surface area contributed by atoms with E-state index < -0.39 is 23.5 Å². The van der Waals surface area contributed by atoms with E-state index in [1.807, 2.05) is 6.07 Å². The summed E-state index contributed by atoms with van der Waals surface area (Å²) in [5, 5.41) is 3.05. The number of halogens is 4. The highest BCUT2D eigenvalue weighted by molar-refractivity contribution is 9.10. The van der Waals surface area contributed by atoms with Gasteiger partial charge in [0, 0.05) is 10.2 Å². The van der Waals surface area contributed by atoms with Crippen molar-refractivity contribution in [2.75, 3.05) is 5.32 Å². The molecule has 0 unspecified atom stereocenters. The summed E-state index contributed by atoms with van der Waals surface area (Å²) in [6.07, 6.45) is -4.24. The van der Waals surface area contributed by atoms with Gasteiger partial charge in [-0.2, -0.15) is 13.2 Å². The lowest BCUT2D eigenvalue weighted by Crippen LogP contribution is -2.53. The highest BCUT2D eigenvalue weighted by Crippen LogP contribution is 2.42. The van der Waals surface area contributed by atoms with Crippen LogP contribution in [0.1, 0.15) is 25.7 Å². The Morgan fingerprint density at radius 3 is 2.33 bits per heavy atom. The minimum Gasteiger partial charge on any atom is -0.370 e. The second-order valence-corrected chi connectivity index (χ2v) is 6.22. The fourth-order valence-electron chi connectivity index (χ4n) is 2.69. The Kier molecular flexibility index (Phi) is 4.51. The maximum Gasteiger partial charge on any atom is 0.391 e. The second kappa shape index (κ2) is 5.87. The van der Waals surface area contributed by atoms with Gasteiger partial charge in [0.15, 0.2) is 0 Å². The van der Waals surface area contributed by atoms with E-state index in [1.54, 1.807) is 18.2 Å². The zero-order chi connectivity index (χ0) is 15.7. The van der Waals surface area contributed by atoms with Gasteiger partial charge < -0.3 is 11.1 Å². The third kappa shape index (κ3) is 3.51. The van der Waals surface area contributed by atoms with Crippen LogP contribution in [0.3, 0.4) is 0 Å². The summed E-state index contributed by atoms with van der Waals surface area (Å²) in [5.74, 6) is -1.97. The Balaban J connectivity index is 2.17. The summed E-state index contributed by atoms with van der Waals surface area (Å²) in [5.41, 5.74) is 4.99. The van der Waals surface area contributed by atoms with Crippen LogP contribution in [0.15, 0.2) is 28.7 Å². The number of primary amides is 1. The molecule has 0 spiro atoms. The molecule has 1 fully saturated rings. The van der Waals surface area contributed by atoms with Crippen molar-refractivity contribution in [2.24, 2.45) is 11.7 Å². The molecule has 0 aliphatic heterocycles. The number of carbonyl (C=O) groups excluding carboxylic acids is 1. The van der Waals surface area contributed by atoms with Crippen LogP contribution in [0.2, 0.25) is 0 Å². The Bertz CT molecular complexity index is 525. The first-order chi connectivity index (χ1) is 9.74. The maximum absolute atomic E-state index is 12.7. The van der Waals surface area contributed by atoms with E-state index in [1.165, 1.54) is 0 Å². The zero-order valence-corrected chi connectivity index (χ0v) is 12.8. The van der Waals surface area contributed by atoms with Crippen molar-refractivity contribution in [3.63, 3.8) is 0 Å². The highest BCUT2D eigenvalue weighted by atomic mass is 79.9. The van der Waals surface area contributed by atoms with Gasteiger partial charge in [-0.1, -0.05) is 12.1 Å². The van der Waals surface area contributed by atoms with Gasteiger partial charge >= 0.3 is 6.18 Å². The van der Waals surface area contributed by atoms with Crippen molar-refractivity contribution in [1.82, 2.24) is 0 Å². The molecule has 1 amide bonds. The van der Waals surface area contributed by atoms with E-state index >= 15 is 0 Å². The first-order valence-corrected chi connectivity index (χ1v) is 7.43. The fourth-order valence-corrected chi connectivity index (χ4v) is 3.08. The van der Waals surface area contributed by atoms with E-state index in [-0.39, 0.29) is 25.7 Å². The quantitative estimate of drug-likeness (QED) is 0.855. The van der Waals surface area contributed by atoms with Crippen molar-refractivity contribution < 1.29 is 18.0 Å². The Hall–Kier alpha value is -1.24. The summed E-state index contributed by atoms with van der Waals surface area (Å²) >= 11 is 3.35. The van der Waals surface area contributed by atoms with E-state index in [0.717, 1.165) is 4.47 Å². The molecule has 0 saturated heterocycles. The molecule has 7 heteroatoms. The number of nitrogens with one attached hydrogen (secondary N) is 1. The molecule has 0 atom stereocenters. The van der Waals surface area contributed by atoms with Crippen molar-refractivity contribution in [1.29, 1.82) is 0 Å². The van der Waals surface area contributed by atoms with Gasteiger partial charge in [0.25, 0.3) is 0 Å². The maximum atomic E-state index is 12.7. The summed E-state index contributed by atoms with van der Waals surface area (Å²) in [6, 6.07) is 7.14. The number of rotatable bonds is 3. The number of amides is 1. The van der Waals surface area contributed by atoms with Crippen molar-refractivity contribution in [3.05, 3.63) is 28.7 Å². The van der Waals surface area contributed by atoms with Crippen LogP contribution in [0.5, 0.6) is 0 Å². The third-order valence-electron chi connectivity index (χ3n) is 4.02. The predicted octanol–water partition coefficient (Wildman–Crippen LogP) is 3.84. The van der Waals surface area contributed by atoms with Gasteiger partial charge in [0.05, 0.1) is 5.92 Å². The monoisotopic (exact) mass is 364 g/mol. The molecule has 0 heterocycles. The molecule has 116 valence electrons. The van der Waals surface area contributed by atoms with Crippen molar-refractivity contribution in [2.45, 2.75) is 37.4 Å². The molecular weight excluding hydrogens is 349 g/mol. The lowest BCUT2D eigenvalue weighted by atomic mass is 9.75. The molecule has 1 saturated carbocycles. The second-order valence-electron chi connectivity index (χ2n) is 5.37. The number of alkyl halides is 3. The fraction of sp³-hybridized carbons (Fsp3) is 0.500. The standard InChI is InChI=1S/C14H16BrF3N2O/c15-10-3-1-2-4-11(10)20-13(12(19)21)7-5-9(6-8-13)14(16,17)18/h1-4,9,20H,5-8H2,(H2,19,21). The average Bonchev–Trinajstić information content (AvgIpc) is 2.41. The molecule has 2 rings (SSSR count). The van der Waals surface area contributed by atoms with Crippen LogP contribution in [0, 0.1) is 5.92 Å². The van der Waals surface area contributed by atoms with Gasteiger partial charge in [0.2, 0.25) is 5.91 Å². The lowest BCUT2D eigenvalue weighted by Gasteiger charge is -2.39. The molecule has 1 aromatic rings. The predicted molar refractivity (Wildman–Crippen MR) is 77.7 cm³/mol. The number of benzene rings is 1. The number of para-hydroxylation sites is 1. The Morgan fingerprint density at radius 1 is 1.29 bits per heavy atom. The SMILES string of the molecule is NC(=O)C1(Nc2ccccc2Br)CCC(C(F)(F)F)CC1. The van der Waals surface area contributed by atoms with Crippen LogP contribution in [-0.2, 0) is 4.79 Å². The minimum absolute atomic E-state index is 0.0772. The highest BCUT2D eigenvalue weighted by Gasteiger charge is 2.48. The first kappa shape index (κ1) is 16.1. The third-order valence-corrected chi connectivity index (χ3v) is 4.71. The summed E-state index contributed by atoms with van der Waals surface area (Å²) in [6.45, 7) is 0. The Morgan fingerprint density at radius 2 is 1.86 bits per heavy atom. The summed E-state index contributed by atoms with van der Waals surface area (Å²) < 4.78 is 39.0. The number of hydrogen-bond donors (Lipinski definition) is 2. The molecule has 0 bridgehead atoms. The van der Waals surface area contributed by atoms with Crippen LogP contribution in [0.4, 0.5) is 18.9 Å². The van der Waals surface area contributed by atoms with Crippen LogP contribution in [-0.4, -0.2) is 17.6 Å². The van der Waals surface area contributed by atoms with Gasteiger partial charge in [-0.05, 0) is 53.7 Å². The van der Waals surface area contributed by atoms with Gasteiger partial charge in [-0.15, -0.1) is 0 Å². The Labute approximate surface area is 129 Å². The molecule has 3 N–H and O–H groups in total. The van der Waals surface area contributed by atoms with E-state index in [4.69, 9.17) is 5.73 Å². The number of nitrogens with two attached hydrogens (primary N) is 1. The van der Waals surface area contributed by atoms with E-state index in [9.17, 15) is 18.0 Å². The van der Waals surface area contributed by atoms with Crippen molar-refractivity contribution >= 4 is 27.5 Å². The molecule has 1 aromatic carbocycles. The molecule has 1 aliphatic rings. The molecular formula is C14H16BrF3N2O. The largest absolute Gasteiger partial charge is 0.391 e. The first-order valence-electron chi connectivity index (χ1n) is 6.64. The van der Waals surface area contributed by atoms with Crippen molar-refractivity contribution in [3.8, 4) is 0 Å².